The van der Waals surface area contributed by atoms with Gasteiger partial charge in [-0.05, 0) is 19.4 Å². The molecule has 0 amide bonds. The van der Waals surface area contributed by atoms with Crippen molar-refractivity contribution in [3.05, 3.63) is 28.2 Å². The number of hydrogen-bond acceptors (Lipinski definition) is 4. The average Bonchev–Trinajstić information content (AvgIpc) is 2.32. The Morgan fingerprint density at radius 3 is 2.94 bits per heavy atom. The topological polar surface area (TPSA) is 53.4 Å². The van der Waals surface area contributed by atoms with Crippen molar-refractivity contribution in [2.75, 3.05) is 13.2 Å². The molecule has 1 saturated heterocycles. The maximum absolute atomic E-state index is 11.5. The van der Waals surface area contributed by atoms with E-state index in [2.05, 4.69) is 5.10 Å². The van der Waals surface area contributed by atoms with E-state index in [0.29, 0.717) is 13.0 Å². The molecule has 0 saturated carbocycles. The summed E-state index contributed by atoms with van der Waals surface area (Å²) in [5.41, 5.74) is 0.756. The molecule has 1 aliphatic rings. The molecule has 2 rings (SSSR count). The first-order valence-corrected chi connectivity index (χ1v) is 5.54. The summed E-state index contributed by atoms with van der Waals surface area (Å²) in [6, 6.07) is 3.25. The van der Waals surface area contributed by atoms with Gasteiger partial charge in [0.05, 0.1) is 18.9 Å². The number of hydrogen-bond donors (Lipinski definition) is 0. The molecule has 0 atom stereocenters. The number of aryl methyl sites for hydroxylation is 2. The van der Waals surface area contributed by atoms with E-state index >= 15 is 0 Å². The van der Waals surface area contributed by atoms with Crippen molar-refractivity contribution in [3.8, 4) is 0 Å². The van der Waals surface area contributed by atoms with Crippen LogP contribution in [-0.2, 0) is 16.0 Å². The van der Waals surface area contributed by atoms with Crippen LogP contribution in [0, 0.1) is 6.92 Å². The second-order valence-corrected chi connectivity index (χ2v) is 3.85. The van der Waals surface area contributed by atoms with Gasteiger partial charge in [0.25, 0.3) is 5.56 Å². The number of aromatic nitrogens is 2. The van der Waals surface area contributed by atoms with Crippen molar-refractivity contribution >= 4 is 0 Å². The third kappa shape index (κ3) is 2.90. The maximum Gasteiger partial charge on any atom is 0.266 e. The van der Waals surface area contributed by atoms with Gasteiger partial charge in [0.15, 0.2) is 6.29 Å². The SMILES string of the molecule is Cc1ccc(=O)n(CCC2OCCCO2)n1. The van der Waals surface area contributed by atoms with E-state index in [0.717, 1.165) is 25.3 Å². The lowest BCUT2D eigenvalue weighted by atomic mass is 10.3. The first-order chi connectivity index (χ1) is 7.75. The molecule has 1 aromatic rings. The van der Waals surface area contributed by atoms with Crippen LogP contribution >= 0.6 is 0 Å². The van der Waals surface area contributed by atoms with Crippen molar-refractivity contribution < 1.29 is 9.47 Å². The van der Waals surface area contributed by atoms with Crippen LogP contribution in [0.15, 0.2) is 16.9 Å². The Kier molecular flexibility index (Phi) is 3.69. The lowest BCUT2D eigenvalue weighted by Crippen LogP contribution is -2.29. The zero-order chi connectivity index (χ0) is 11.4. The van der Waals surface area contributed by atoms with Gasteiger partial charge in [0.1, 0.15) is 0 Å². The molecule has 16 heavy (non-hydrogen) atoms. The molecule has 0 unspecified atom stereocenters. The summed E-state index contributed by atoms with van der Waals surface area (Å²) >= 11 is 0. The van der Waals surface area contributed by atoms with Gasteiger partial charge in [-0.2, -0.15) is 5.10 Å². The minimum atomic E-state index is -0.192. The molecule has 0 spiro atoms. The van der Waals surface area contributed by atoms with E-state index < -0.39 is 0 Å². The van der Waals surface area contributed by atoms with Gasteiger partial charge in [-0.25, -0.2) is 4.68 Å². The van der Waals surface area contributed by atoms with Gasteiger partial charge in [0.2, 0.25) is 0 Å². The van der Waals surface area contributed by atoms with Crippen LogP contribution in [0.25, 0.3) is 0 Å². The highest BCUT2D eigenvalue weighted by atomic mass is 16.7. The van der Waals surface area contributed by atoms with Crippen LogP contribution in [0.1, 0.15) is 18.5 Å². The highest BCUT2D eigenvalue weighted by molar-refractivity contribution is 4.96. The largest absolute Gasteiger partial charge is 0.353 e. The van der Waals surface area contributed by atoms with Crippen molar-refractivity contribution in [1.82, 2.24) is 9.78 Å². The Labute approximate surface area is 94.0 Å². The van der Waals surface area contributed by atoms with Gasteiger partial charge in [-0.15, -0.1) is 0 Å². The summed E-state index contributed by atoms with van der Waals surface area (Å²) < 4.78 is 12.3. The zero-order valence-electron chi connectivity index (χ0n) is 9.39. The van der Waals surface area contributed by atoms with E-state index in [9.17, 15) is 4.79 Å². The second kappa shape index (κ2) is 5.23. The Hall–Kier alpha value is -1.20. The van der Waals surface area contributed by atoms with Crippen molar-refractivity contribution in [3.63, 3.8) is 0 Å². The van der Waals surface area contributed by atoms with E-state index in [-0.39, 0.29) is 11.8 Å². The Morgan fingerprint density at radius 1 is 1.44 bits per heavy atom. The summed E-state index contributed by atoms with van der Waals surface area (Å²) in [6.45, 7) is 3.87. The van der Waals surface area contributed by atoms with Crippen LogP contribution in [-0.4, -0.2) is 29.3 Å². The molecule has 0 aromatic carbocycles. The van der Waals surface area contributed by atoms with Crippen LogP contribution in [0.2, 0.25) is 0 Å². The molecule has 0 N–H and O–H groups in total. The van der Waals surface area contributed by atoms with E-state index in [1.54, 1.807) is 6.07 Å². The third-order valence-electron chi connectivity index (χ3n) is 2.47. The summed E-state index contributed by atoms with van der Waals surface area (Å²) in [5.74, 6) is 0. The van der Waals surface area contributed by atoms with Gasteiger partial charge in [0, 0.05) is 19.0 Å². The molecular weight excluding hydrogens is 208 g/mol. The monoisotopic (exact) mass is 224 g/mol. The van der Waals surface area contributed by atoms with Gasteiger partial charge in [-0.1, -0.05) is 0 Å². The minimum Gasteiger partial charge on any atom is -0.353 e. The molecule has 5 heteroatoms. The first kappa shape index (κ1) is 11.3. The molecule has 0 bridgehead atoms. The fourth-order valence-corrected chi connectivity index (χ4v) is 1.64. The Morgan fingerprint density at radius 2 is 2.19 bits per heavy atom. The van der Waals surface area contributed by atoms with Crippen molar-refractivity contribution in [2.45, 2.75) is 32.6 Å². The number of ether oxygens (including phenoxy) is 2. The predicted molar refractivity (Wildman–Crippen MR) is 58.2 cm³/mol. The van der Waals surface area contributed by atoms with Gasteiger partial charge in [-0.3, -0.25) is 4.79 Å². The summed E-state index contributed by atoms with van der Waals surface area (Å²) in [7, 11) is 0. The summed E-state index contributed by atoms with van der Waals surface area (Å²) in [5, 5.41) is 4.15. The molecule has 2 heterocycles. The average molecular weight is 224 g/mol. The molecule has 0 radical (unpaired) electrons. The molecule has 88 valence electrons. The number of nitrogens with zero attached hydrogens (tertiary/aromatic N) is 2. The summed E-state index contributed by atoms with van der Waals surface area (Å²) in [6.07, 6.45) is 1.41. The normalized spacial score (nSPS) is 17.6. The summed E-state index contributed by atoms with van der Waals surface area (Å²) in [4.78, 5) is 11.5. The smallest absolute Gasteiger partial charge is 0.266 e. The molecule has 0 aliphatic carbocycles. The highest BCUT2D eigenvalue weighted by Crippen LogP contribution is 2.08. The second-order valence-electron chi connectivity index (χ2n) is 3.85. The van der Waals surface area contributed by atoms with E-state index in [1.807, 2.05) is 6.92 Å². The lowest BCUT2D eigenvalue weighted by Gasteiger charge is -2.23. The van der Waals surface area contributed by atoms with Crippen molar-refractivity contribution in [2.24, 2.45) is 0 Å². The molecule has 1 fully saturated rings. The van der Waals surface area contributed by atoms with Crippen molar-refractivity contribution in [1.29, 1.82) is 0 Å². The fraction of sp³-hybridized carbons (Fsp3) is 0.636. The first-order valence-electron chi connectivity index (χ1n) is 5.54. The Bertz CT molecular complexity index is 396. The number of rotatable bonds is 3. The van der Waals surface area contributed by atoms with Crippen LogP contribution in [0.5, 0.6) is 0 Å². The Balaban J connectivity index is 1.93. The molecular formula is C11H16N2O3. The lowest BCUT2D eigenvalue weighted by molar-refractivity contribution is -0.182. The van der Waals surface area contributed by atoms with Crippen LogP contribution < -0.4 is 5.56 Å². The minimum absolute atomic E-state index is 0.0820. The van der Waals surface area contributed by atoms with E-state index in [4.69, 9.17) is 9.47 Å². The third-order valence-corrected chi connectivity index (χ3v) is 2.47. The quantitative estimate of drug-likeness (QED) is 0.758. The van der Waals surface area contributed by atoms with Crippen LogP contribution in [0.3, 0.4) is 0 Å². The molecule has 1 aromatic heterocycles. The van der Waals surface area contributed by atoms with Gasteiger partial charge >= 0.3 is 0 Å². The van der Waals surface area contributed by atoms with Crippen LogP contribution in [0.4, 0.5) is 0 Å². The molecule has 1 aliphatic heterocycles. The highest BCUT2D eigenvalue weighted by Gasteiger charge is 2.14. The van der Waals surface area contributed by atoms with Gasteiger partial charge < -0.3 is 9.47 Å². The fourth-order valence-electron chi connectivity index (χ4n) is 1.64. The zero-order valence-corrected chi connectivity index (χ0v) is 9.39. The molecule has 5 nitrogen and oxygen atoms in total. The van der Waals surface area contributed by atoms with E-state index in [1.165, 1.54) is 10.7 Å². The predicted octanol–water partition coefficient (Wildman–Crippen LogP) is 0.705. The maximum atomic E-state index is 11.5. The standard InChI is InChI=1S/C11H16N2O3/c1-9-3-4-10(14)13(12-9)6-5-11-15-7-2-8-16-11/h3-4,11H,2,5-8H2,1H3.